The number of aryl methyl sites for hydroxylation is 1. The van der Waals surface area contributed by atoms with Crippen molar-refractivity contribution in [2.24, 2.45) is 0 Å². The number of alkyl halides is 1. The van der Waals surface area contributed by atoms with Crippen LogP contribution in [0.3, 0.4) is 0 Å². The third-order valence-corrected chi connectivity index (χ3v) is 2.13. The van der Waals surface area contributed by atoms with Crippen molar-refractivity contribution >= 4 is 17.9 Å². The standard InChI is InChI=1S/C10H10ClFO/c1-7-2-3-10(12)5-8(7)4-9(11)6-13/h2-3,5-6,9H,4H2,1H3. The molecule has 0 aromatic heterocycles. The molecule has 1 nitrogen and oxygen atoms in total. The predicted molar refractivity (Wildman–Crippen MR) is 50.5 cm³/mol. The van der Waals surface area contributed by atoms with Crippen LogP contribution in [0.5, 0.6) is 0 Å². The van der Waals surface area contributed by atoms with Gasteiger partial charge in [0.15, 0.2) is 0 Å². The second-order valence-corrected chi connectivity index (χ2v) is 3.49. The summed E-state index contributed by atoms with van der Waals surface area (Å²) in [5, 5.41) is -0.569. The van der Waals surface area contributed by atoms with Crippen LogP contribution in [0.15, 0.2) is 18.2 Å². The largest absolute Gasteiger partial charge is 0.302 e. The highest BCUT2D eigenvalue weighted by Crippen LogP contribution is 2.13. The molecule has 1 aromatic carbocycles. The molecule has 1 rings (SSSR count). The molecule has 0 radical (unpaired) electrons. The van der Waals surface area contributed by atoms with Crippen molar-refractivity contribution in [1.82, 2.24) is 0 Å². The van der Waals surface area contributed by atoms with Crippen molar-refractivity contribution in [2.45, 2.75) is 18.7 Å². The summed E-state index contributed by atoms with van der Waals surface area (Å²) in [7, 11) is 0. The minimum atomic E-state index is -0.569. The van der Waals surface area contributed by atoms with Gasteiger partial charge in [0, 0.05) is 0 Å². The summed E-state index contributed by atoms with van der Waals surface area (Å²) < 4.78 is 12.8. The third kappa shape index (κ3) is 2.81. The molecule has 0 N–H and O–H groups in total. The molecule has 1 atom stereocenters. The topological polar surface area (TPSA) is 17.1 Å². The van der Waals surface area contributed by atoms with Gasteiger partial charge in [-0.05, 0) is 36.6 Å². The molecule has 0 saturated carbocycles. The molecule has 1 unspecified atom stereocenters. The van der Waals surface area contributed by atoms with Gasteiger partial charge in [-0.3, -0.25) is 0 Å². The summed E-state index contributed by atoms with van der Waals surface area (Å²) in [5.41, 5.74) is 1.74. The number of aldehydes is 1. The van der Waals surface area contributed by atoms with Crippen LogP contribution >= 0.6 is 11.6 Å². The molecule has 13 heavy (non-hydrogen) atoms. The number of carbonyl (C=O) groups is 1. The van der Waals surface area contributed by atoms with E-state index in [1.165, 1.54) is 12.1 Å². The lowest BCUT2D eigenvalue weighted by Crippen LogP contribution is -2.05. The summed E-state index contributed by atoms with van der Waals surface area (Å²) in [5.74, 6) is -0.296. The van der Waals surface area contributed by atoms with E-state index in [1.54, 1.807) is 6.07 Å². The molecule has 70 valence electrons. The maximum absolute atomic E-state index is 12.8. The van der Waals surface area contributed by atoms with E-state index in [0.717, 1.165) is 11.1 Å². The molecule has 0 fully saturated rings. The fourth-order valence-electron chi connectivity index (χ4n) is 1.12. The van der Waals surface area contributed by atoms with Crippen LogP contribution in [0.2, 0.25) is 0 Å². The average Bonchev–Trinajstić information content (AvgIpc) is 2.11. The van der Waals surface area contributed by atoms with Gasteiger partial charge in [0.25, 0.3) is 0 Å². The number of hydrogen-bond acceptors (Lipinski definition) is 1. The Kier molecular flexibility index (Phi) is 3.43. The summed E-state index contributed by atoms with van der Waals surface area (Å²) in [6.07, 6.45) is 1.04. The maximum atomic E-state index is 12.8. The highest BCUT2D eigenvalue weighted by atomic mass is 35.5. The van der Waals surface area contributed by atoms with Gasteiger partial charge >= 0.3 is 0 Å². The van der Waals surface area contributed by atoms with Gasteiger partial charge in [-0.25, -0.2) is 4.39 Å². The SMILES string of the molecule is Cc1ccc(F)cc1CC(Cl)C=O. The summed E-state index contributed by atoms with van der Waals surface area (Å²) in [6.45, 7) is 1.86. The number of halogens is 2. The van der Waals surface area contributed by atoms with Crippen LogP contribution < -0.4 is 0 Å². The third-order valence-electron chi connectivity index (χ3n) is 1.87. The van der Waals surface area contributed by atoms with Gasteiger partial charge in [-0.15, -0.1) is 11.6 Å². The molecule has 0 bridgehead atoms. The summed E-state index contributed by atoms with van der Waals surface area (Å²) in [6, 6.07) is 4.48. The first kappa shape index (κ1) is 10.2. The monoisotopic (exact) mass is 200 g/mol. The lowest BCUT2D eigenvalue weighted by atomic mass is 10.0. The summed E-state index contributed by atoms with van der Waals surface area (Å²) >= 11 is 5.63. The van der Waals surface area contributed by atoms with Crippen LogP contribution in [-0.4, -0.2) is 11.7 Å². The fourth-order valence-corrected chi connectivity index (χ4v) is 1.28. The Morgan fingerprint density at radius 1 is 1.62 bits per heavy atom. The lowest BCUT2D eigenvalue weighted by Gasteiger charge is -2.06. The zero-order chi connectivity index (χ0) is 9.84. The van der Waals surface area contributed by atoms with Gasteiger partial charge in [-0.1, -0.05) is 6.07 Å². The van der Waals surface area contributed by atoms with Crippen LogP contribution in [0, 0.1) is 12.7 Å². The van der Waals surface area contributed by atoms with Crippen molar-refractivity contribution in [3.8, 4) is 0 Å². The Hall–Kier alpha value is -0.890. The molecule has 0 amide bonds. The molecule has 1 aromatic rings. The van der Waals surface area contributed by atoms with E-state index in [-0.39, 0.29) is 5.82 Å². The van der Waals surface area contributed by atoms with Crippen LogP contribution in [0.1, 0.15) is 11.1 Å². The quantitative estimate of drug-likeness (QED) is 0.541. The molecular formula is C10H10ClFO. The van der Waals surface area contributed by atoms with E-state index >= 15 is 0 Å². The number of rotatable bonds is 3. The minimum absolute atomic E-state index is 0.296. The van der Waals surface area contributed by atoms with E-state index in [2.05, 4.69) is 0 Å². The zero-order valence-electron chi connectivity index (χ0n) is 7.26. The first-order valence-corrected chi connectivity index (χ1v) is 4.41. The van der Waals surface area contributed by atoms with Crippen molar-refractivity contribution in [3.05, 3.63) is 35.1 Å². The first-order valence-electron chi connectivity index (χ1n) is 3.98. The molecule has 0 saturated heterocycles. The second kappa shape index (κ2) is 4.38. The van der Waals surface area contributed by atoms with Crippen LogP contribution in [-0.2, 0) is 11.2 Å². The first-order chi connectivity index (χ1) is 6.13. The molecule has 0 aliphatic carbocycles. The average molecular weight is 201 g/mol. The number of carbonyl (C=O) groups excluding carboxylic acids is 1. The summed E-state index contributed by atoms with van der Waals surface area (Å²) in [4.78, 5) is 10.3. The van der Waals surface area contributed by atoms with Gasteiger partial charge < -0.3 is 4.79 Å². The van der Waals surface area contributed by atoms with E-state index in [4.69, 9.17) is 11.6 Å². The van der Waals surface area contributed by atoms with Gasteiger partial charge in [0.1, 0.15) is 12.1 Å². The Labute approximate surface area is 81.5 Å². The van der Waals surface area contributed by atoms with Gasteiger partial charge in [0.05, 0.1) is 5.38 Å². The highest BCUT2D eigenvalue weighted by molar-refractivity contribution is 6.27. The smallest absolute Gasteiger partial charge is 0.138 e. The molecular weight excluding hydrogens is 191 g/mol. The Morgan fingerprint density at radius 3 is 2.92 bits per heavy atom. The predicted octanol–water partition coefficient (Wildman–Crippen LogP) is 2.48. The Bertz CT molecular complexity index is 312. The van der Waals surface area contributed by atoms with Crippen molar-refractivity contribution in [1.29, 1.82) is 0 Å². The van der Waals surface area contributed by atoms with E-state index in [9.17, 15) is 9.18 Å². The van der Waals surface area contributed by atoms with Crippen molar-refractivity contribution < 1.29 is 9.18 Å². The Balaban J connectivity index is 2.86. The lowest BCUT2D eigenvalue weighted by molar-refractivity contribution is -0.107. The van der Waals surface area contributed by atoms with E-state index in [1.807, 2.05) is 6.92 Å². The van der Waals surface area contributed by atoms with Crippen LogP contribution in [0.25, 0.3) is 0 Å². The van der Waals surface area contributed by atoms with Gasteiger partial charge in [0.2, 0.25) is 0 Å². The van der Waals surface area contributed by atoms with Crippen molar-refractivity contribution in [3.63, 3.8) is 0 Å². The zero-order valence-corrected chi connectivity index (χ0v) is 8.01. The van der Waals surface area contributed by atoms with E-state index in [0.29, 0.717) is 12.7 Å². The molecule has 0 aliphatic rings. The second-order valence-electron chi connectivity index (χ2n) is 2.93. The minimum Gasteiger partial charge on any atom is -0.302 e. The van der Waals surface area contributed by atoms with E-state index < -0.39 is 5.38 Å². The van der Waals surface area contributed by atoms with Gasteiger partial charge in [-0.2, -0.15) is 0 Å². The normalized spacial score (nSPS) is 12.5. The molecule has 0 spiro atoms. The molecule has 0 aliphatic heterocycles. The number of benzene rings is 1. The van der Waals surface area contributed by atoms with Crippen molar-refractivity contribution in [2.75, 3.05) is 0 Å². The molecule has 3 heteroatoms. The highest BCUT2D eigenvalue weighted by Gasteiger charge is 2.07. The fraction of sp³-hybridized carbons (Fsp3) is 0.300. The number of hydrogen-bond donors (Lipinski definition) is 0. The van der Waals surface area contributed by atoms with Crippen LogP contribution in [0.4, 0.5) is 4.39 Å². The Morgan fingerprint density at radius 2 is 2.31 bits per heavy atom. The maximum Gasteiger partial charge on any atom is 0.138 e. The molecule has 0 heterocycles.